The van der Waals surface area contributed by atoms with Crippen LogP contribution in [0.4, 0.5) is 10.2 Å². The van der Waals surface area contributed by atoms with Crippen LogP contribution in [0.15, 0.2) is 95.8 Å². The minimum absolute atomic E-state index is 0.201. The van der Waals surface area contributed by atoms with Crippen LogP contribution in [0.3, 0.4) is 0 Å². The van der Waals surface area contributed by atoms with Crippen molar-refractivity contribution in [2.45, 2.75) is 52.7 Å². The van der Waals surface area contributed by atoms with Gasteiger partial charge in [0.25, 0.3) is 5.91 Å². The minimum Gasteiger partial charge on any atom is -0.476 e. The summed E-state index contributed by atoms with van der Waals surface area (Å²) in [7, 11) is 0. The summed E-state index contributed by atoms with van der Waals surface area (Å²) >= 11 is 0. The van der Waals surface area contributed by atoms with E-state index >= 15 is 0 Å². The number of nitrogens with zero attached hydrogens (tertiary/aromatic N) is 3. The van der Waals surface area contributed by atoms with E-state index in [1.807, 2.05) is 76.2 Å². The summed E-state index contributed by atoms with van der Waals surface area (Å²) in [6, 6.07) is 16.4. The Labute approximate surface area is 223 Å². The summed E-state index contributed by atoms with van der Waals surface area (Å²) in [6.07, 6.45) is 4.17. The number of para-hydroxylation sites is 1. The summed E-state index contributed by atoms with van der Waals surface area (Å²) in [5.41, 5.74) is 4.46. The van der Waals surface area contributed by atoms with Crippen molar-refractivity contribution in [3.05, 3.63) is 113 Å². The first-order chi connectivity index (χ1) is 18.2. The number of carbonyl (C=O) groups excluding carboxylic acids is 1. The molecule has 2 aromatic carbocycles. The zero-order valence-corrected chi connectivity index (χ0v) is 22.4. The molecule has 0 spiro atoms. The van der Waals surface area contributed by atoms with Gasteiger partial charge in [-0.05, 0) is 70.5 Å². The van der Waals surface area contributed by atoms with Crippen LogP contribution in [-0.4, -0.2) is 33.7 Å². The molecule has 3 aromatic rings. The molecule has 0 radical (unpaired) electrons. The number of fused-ring (bicyclic) bond motifs is 1. The molecule has 0 unspecified atom stereocenters. The van der Waals surface area contributed by atoms with Gasteiger partial charge in [0.15, 0.2) is 5.82 Å². The monoisotopic (exact) mass is 512 g/mol. The van der Waals surface area contributed by atoms with Gasteiger partial charge in [-0.15, -0.1) is 0 Å². The van der Waals surface area contributed by atoms with E-state index in [0.717, 1.165) is 22.5 Å². The van der Waals surface area contributed by atoms with Gasteiger partial charge in [-0.1, -0.05) is 54.6 Å². The summed E-state index contributed by atoms with van der Waals surface area (Å²) in [4.78, 5) is 18.3. The van der Waals surface area contributed by atoms with Gasteiger partial charge in [0, 0.05) is 17.0 Å². The van der Waals surface area contributed by atoms with Gasteiger partial charge < -0.3 is 10.1 Å². The highest BCUT2D eigenvalue weighted by Crippen LogP contribution is 2.43. The van der Waals surface area contributed by atoms with Crippen molar-refractivity contribution < 1.29 is 13.9 Å². The van der Waals surface area contributed by atoms with Crippen molar-refractivity contribution in [3.63, 3.8) is 0 Å². The molecule has 6 nitrogen and oxygen atoms in total. The highest BCUT2D eigenvalue weighted by atomic mass is 19.1. The largest absolute Gasteiger partial charge is 0.476 e. The average molecular weight is 513 g/mol. The maximum Gasteiger partial charge on any atom is 0.251 e. The molecule has 1 aliphatic rings. The molecular weight excluding hydrogens is 479 g/mol. The van der Waals surface area contributed by atoms with E-state index in [9.17, 15) is 9.18 Å². The molecule has 7 heteroatoms. The fourth-order valence-corrected chi connectivity index (χ4v) is 4.51. The Kier molecular flexibility index (Phi) is 8.05. The van der Waals surface area contributed by atoms with E-state index in [1.165, 1.54) is 12.2 Å². The van der Waals surface area contributed by atoms with Gasteiger partial charge in [-0.2, -0.15) is 10.1 Å². The number of aryl methyl sites for hydroxylation is 2. The van der Waals surface area contributed by atoms with Crippen molar-refractivity contribution >= 4 is 17.6 Å². The number of hydrogen-bond donors (Lipinski definition) is 1. The van der Waals surface area contributed by atoms with Crippen molar-refractivity contribution in [3.8, 4) is 5.69 Å². The van der Waals surface area contributed by atoms with E-state index in [1.54, 1.807) is 23.7 Å². The molecule has 196 valence electrons. The molecule has 0 saturated heterocycles. The summed E-state index contributed by atoms with van der Waals surface area (Å²) in [6.45, 7) is 13.6. The lowest BCUT2D eigenvalue weighted by Crippen LogP contribution is -2.48. The zero-order chi connectivity index (χ0) is 27.4. The SMILES string of the molecule is C=C(/C=C\C(F)=C/C)[C@H]1c2c(C)nn(-c3ccccc3)c2N=C(OC(C)C)[C@H]1NC(=O)c1cccc(C)c1. The number of amides is 1. The molecule has 0 aliphatic carbocycles. The lowest BCUT2D eigenvalue weighted by Gasteiger charge is -2.33. The lowest BCUT2D eigenvalue weighted by atomic mass is 9.82. The van der Waals surface area contributed by atoms with E-state index < -0.39 is 12.0 Å². The van der Waals surface area contributed by atoms with Crippen LogP contribution >= 0.6 is 0 Å². The lowest BCUT2D eigenvalue weighted by molar-refractivity contribution is 0.0935. The fourth-order valence-electron chi connectivity index (χ4n) is 4.51. The Morgan fingerprint density at radius 1 is 1.13 bits per heavy atom. The Hall–Kier alpha value is -4.26. The second-order valence-corrected chi connectivity index (χ2v) is 9.57. The quantitative estimate of drug-likeness (QED) is 0.353. The predicted octanol–water partition coefficient (Wildman–Crippen LogP) is 6.83. The van der Waals surface area contributed by atoms with E-state index in [2.05, 4.69) is 11.9 Å². The zero-order valence-electron chi connectivity index (χ0n) is 22.4. The minimum atomic E-state index is -0.684. The third kappa shape index (κ3) is 5.67. The first-order valence-electron chi connectivity index (χ1n) is 12.7. The van der Waals surface area contributed by atoms with E-state index in [0.29, 0.717) is 22.9 Å². The van der Waals surface area contributed by atoms with Gasteiger partial charge >= 0.3 is 0 Å². The average Bonchev–Trinajstić information content (AvgIpc) is 3.23. The van der Waals surface area contributed by atoms with Gasteiger partial charge in [-0.25, -0.2) is 9.07 Å². The number of allylic oxidation sites excluding steroid dienone is 4. The number of aliphatic imine (C=N–C) groups is 1. The number of ether oxygens (including phenoxy) is 1. The van der Waals surface area contributed by atoms with Gasteiger partial charge in [0.05, 0.1) is 17.5 Å². The normalized spacial score (nSPS) is 17.3. The standard InChI is InChI=1S/C31H33FN4O2/c1-7-24(32)17-16-21(5)26-27-22(6)35-36(25-14-9-8-10-15-25)29(27)34-31(38-19(2)3)28(26)33-30(37)23-13-11-12-20(4)18-23/h7-19,26,28H,5H2,1-4,6H3,(H,33,37)/b17-16-,24-7+/t26-,28-/m0/s1. The van der Waals surface area contributed by atoms with E-state index in [4.69, 9.17) is 14.8 Å². The van der Waals surface area contributed by atoms with Crippen LogP contribution in [0.1, 0.15) is 53.9 Å². The van der Waals surface area contributed by atoms with Crippen molar-refractivity contribution in [1.29, 1.82) is 0 Å². The molecule has 1 amide bonds. The third-order valence-corrected chi connectivity index (χ3v) is 6.26. The van der Waals surface area contributed by atoms with Crippen molar-refractivity contribution in [2.24, 2.45) is 4.99 Å². The number of benzene rings is 2. The Bertz CT molecular complexity index is 1430. The Morgan fingerprint density at radius 2 is 1.87 bits per heavy atom. The van der Waals surface area contributed by atoms with E-state index in [-0.39, 0.29) is 17.8 Å². The highest BCUT2D eigenvalue weighted by Gasteiger charge is 2.41. The predicted molar refractivity (Wildman–Crippen MR) is 150 cm³/mol. The third-order valence-electron chi connectivity index (χ3n) is 6.26. The second-order valence-electron chi connectivity index (χ2n) is 9.57. The van der Waals surface area contributed by atoms with Crippen LogP contribution in [0.2, 0.25) is 0 Å². The summed E-state index contributed by atoms with van der Waals surface area (Å²) < 4.78 is 22.0. The number of hydrogen-bond acceptors (Lipinski definition) is 4. The topological polar surface area (TPSA) is 68.5 Å². The molecule has 2 atom stereocenters. The number of rotatable bonds is 7. The van der Waals surface area contributed by atoms with Crippen LogP contribution in [-0.2, 0) is 4.74 Å². The first kappa shape index (κ1) is 26.8. The number of nitrogens with one attached hydrogen (secondary N) is 1. The van der Waals surface area contributed by atoms with Crippen molar-refractivity contribution in [1.82, 2.24) is 15.1 Å². The second kappa shape index (κ2) is 11.4. The van der Waals surface area contributed by atoms with Crippen LogP contribution in [0.5, 0.6) is 0 Å². The number of carbonyl (C=O) groups is 1. The van der Waals surface area contributed by atoms with Crippen LogP contribution < -0.4 is 5.32 Å². The maximum absolute atomic E-state index is 14.1. The summed E-state index contributed by atoms with van der Waals surface area (Å²) in [5, 5.41) is 7.93. The van der Waals surface area contributed by atoms with Gasteiger partial charge in [-0.3, -0.25) is 4.79 Å². The molecule has 38 heavy (non-hydrogen) atoms. The Balaban J connectivity index is 1.88. The van der Waals surface area contributed by atoms with Gasteiger partial charge in [0.2, 0.25) is 5.90 Å². The fraction of sp³-hybridized carbons (Fsp3) is 0.258. The molecular formula is C31H33FN4O2. The van der Waals surface area contributed by atoms with Crippen LogP contribution in [0.25, 0.3) is 5.69 Å². The molecule has 2 heterocycles. The molecule has 0 saturated carbocycles. The van der Waals surface area contributed by atoms with Gasteiger partial charge in [0.1, 0.15) is 11.9 Å². The number of halogens is 1. The Morgan fingerprint density at radius 3 is 2.53 bits per heavy atom. The highest BCUT2D eigenvalue weighted by molar-refractivity contribution is 5.99. The molecule has 1 N–H and O–H groups in total. The maximum atomic E-state index is 14.1. The smallest absolute Gasteiger partial charge is 0.251 e. The molecule has 1 aromatic heterocycles. The molecule has 1 aliphatic heterocycles. The first-order valence-corrected chi connectivity index (χ1v) is 12.7. The van der Waals surface area contributed by atoms with Crippen LogP contribution in [0, 0.1) is 13.8 Å². The summed E-state index contributed by atoms with van der Waals surface area (Å²) in [5.74, 6) is -0.209. The van der Waals surface area contributed by atoms with Crippen molar-refractivity contribution in [2.75, 3.05) is 0 Å². The molecule has 4 rings (SSSR count). The molecule has 0 fully saturated rings. The molecule has 0 bridgehead atoms. The number of aromatic nitrogens is 2.